The van der Waals surface area contributed by atoms with E-state index < -0.39 is 12.7 Å². The van der Waals surface area contributed by atoms with Gasteiger partial charge in [-0.15, -0.1) is 0 Å². The zero-order chi connectivity index (χ0) is 15.5. The van der Waals surface area contributed by atoms with E-state index in [9.17, 15) is 13.6 Å². The van der Waals surface area contributed by atoms with Crippen molar-refractivity contribution in [1.82, 2.24) is 10.3 Å². The maximum atomic E-state index is 13.3. The Bertz CT molecular complexity index is 673. The number of aromatic nitrogens is 1. The first kappa shape index (κ1) is 14.6. The molecule has 0 saturated heterocycles. The fourth-order valence-electron chi connectivity index (χ4n) is 2.85. The molecule has 5 heteroatoms. The Morgan fingerprint density at radius 1 is 1.32 bits per heavy atom. The van der Waals surface area contributed by atoms with E-state index in [1.54, 1.807) is 6.20 Å². The molecule has 1 aliphatic carbocycles. The Morgan fingerprint density at radius 2 is 2.09 bits per heavy atom. The van der Waals surface area contributed by atoms with Gasteiger partial charge in [-0.2, -0.15) is 0 Å². The highest BCUT2D eigenvalue weighted by Crippen LogP contribution is 2.31. The van der Waals surface area contributed by atoms with Gasteiger partial charge in [0.2, 0.25) is 5.91 Å². The van der Waals surface area contributed by atoms with Crippen LogP contribution in [0.25, 0.3) is 0 Å². The summed E-state index contributed by atoms with van der Waals surface area (Å²) in [6.07, 6.45) is 3.15. The minimum atomic E-state index is -0.763. The molecule has 1 aromatic carbocycles. The Morgan fingerprint density at radius 3 is 2.82 bits per heavy atom. The van der Waals surface area contributed by atoms with E-state index in [1.165, 1.54) is 24.3 Å². The van der Waals surface area contributed by atoms with Gasteiger partial charge in [0, 0.05) is 6.20 Å². The summed E-state index contributed by atoms with van der Waals surface area (Å²) < 4.78 is 26.2. The molecule has 0 radical (unpaired) electrons. The molecule has 3 rings (SSSR count). The normalized spacial score (nSPS) is 17.8. The first-order valence-electron chi connectivity index (χ1n) is 7.24. The van der Waals surface area contributed by atoms with Crippen molar-refractivity contribution >= 4 is 5.91 Å². The van der Waals surface area contributed by atoms with Gasteiger partial charge in [0.25, 0.3) is 0 Å². The second-order valence-electron chi connectivity index (χ2n) is 5.41. The molecule has 0 bridgehead atoms. The number of aryl methyl sites for hydroxylation is 1. The monoisotopic (exact) mass is 302 g/mol. The molecule has 1 amide bonds. The molecule has 2 unspecified atom stereocenters. The highest BCUT2D eigenvalue weighted by molar-refractivity contribution is 5.84. The minimum Gasteiger partial charge on any atom is -0.346 e. The van der Waals surface area contributed by atoms with E-state index in [0.29, 0.717) is 12.0 Å². The van der Waals surface area contributed by atoms with E-state index in [4.69, 9.17) is 0 Å². The second kappa shape index (κ2) is 6.22. The third-order valence-corrected chi connectivity index (χ3v) is 4.02. The summed E-state index contributed by atoms with van der Waals surface area (Å²) in [5.41, 5.74) is 2.40. The van der Waals surface area contributed by atoms with Gasteiger partial charge in [-0.25, -0.2) is 8.78 Å². The van der Waals surface area contributed by atoms with Crippen molar-refractivity contribution in [3.05, 3.63) is 65.2 Å². The largest absolute Gasteiger partial charge is 0.346 e. The van der Waals surface area contributed by atoms with Crippen LogP contribution in [0, 0.1) is 5.82 Å². The van der Waals surface area contributed by atoms with E-state index in [2.05, 4.69) is 10.3 Å². The number of alkyl halides is 1. The molecule has 0 aliphatic heterocycles. The van der Waals surface area contributed by atoms with Crippen LogP contribution < -0.4 is 5.32 Å². The van der Waals surface area contributed by atoms with Crippen molar-refractivity contribution in [2.24, 2.45) is 0 Å². The Hall–Kier alpha value is -2.30. The lowest BCUT2D eigenvalue weighted by Gasteiger charge is -2.19. The van der Waals surface area contributed by atoms with Crippen LogP contribution in [0.3, 0.4) is 0 Å². The van der Waals surface area contributed by atoms with Gasteiger partial charge in [-0.3, -0.25) is 9.78 Å². The number of hydrogen-bond acceptors (Lipinski definition) is 2. The molecule has 1 N–H and O–H groups in total. The molecule has 1 aliphatic rings. The Labute approximate surface area is 127 Å². The van der Waals surface area contributed by atoms with Crippen LogP contribution in [0.15, 0.2) is 42.6 Å². The summed E-state index contributed by atoms with van der Waals surface area (Å²) in [7, 11) is 0. The molecule has 22 heavy (non-hydrogen) atoms. The average molecular weight is 302 g/mol. The van der Waals surface area contributed by atoms with Crippen molar-refractivity contribution in [2.45, 2.75) is 24.8 Å². The molecule has 3 nitrogen and oxygen atoms in total. The van der Waals surface area contributed by atoms with E-state index >= 15 is 0 Å². The van der Waals surface area contributed by atoms with E-state index in [0.717, 1.165) is 17.7 Å². The van der Waals surface area contributed by atoms with Crippen LogP contribution in [-0.4, -0.2) is 17.6 Å². The molecule has 2 aromatic rings. The van der Waals surface area contributed by atoms with E-state index in [1.807, 2.05) is 12.1 Å². The number of nitrogens with one attached hydrogen (secondary N) is 1. The number of nitrogens with zero attached hydrogens (tertiary/aromatic N) is 1. The third kappa shape index (κ3) is 2.84. The van der Waals surface area contributed by atoms with Crippen molar-refractivity contribution in [3.63, 3.8) is 0 Å². The summed E-state index contributed by atoms with van der Waals surface area (Å²) in [5, 5.41) is 2.71. The Balaban J connectivity index is 1.74. The number of carbonyl (C=O) groups is 1. The van der Waals surface area contributed by atoms with Crippen molar-refractivity contribution in [3.8, 4) is 0 Å². The highest BCUT2D eigenvalue weighted by Gasteiger charge is 2.31. The summed E-state index contributed by atoms with van der Waals surface area (Å²) in [6, 6.07) is 8.54. The van der Waals surface area contributed by atoms with Gasteiger partial charge in [0.1, 0.15) is 12.5 Å². The average Bonchev–Trinajstić information content (AvgIpc) is 2.97. The zero-order valence-electron chi connectivity index (χ0n) is 11.9. The molecule has 1 aromatic heterocycles. The smallest absolute Gasteiger partial charge is 0.229 e. The number of pyridine rings is 1. The number of carbonyl (C=O) groups excluding carboxylic acids is 1. The highest BCUT2D eigenvalue weighted by atomic mass is 19.1. The van der Waals surface area contributed by atoms with Gasteiger partial charge in [0.15, 0.2) is 0 Å². The van der Waals surface area contributed by atoms with E-state index in [-0.39, 0.29) is 17.6 Å². The maximum Gasteiger partial charge on any atom is 0.229 e. The van der Waals surface area contributed by atoms with Gasteiger partial charge in [-0.1, -0.05) is 18.2 Å². The first-order chi connectivity index (χ1) is 10.7. The molecular weight excluding hydrogens is 286 g/mol. The van der Waals surface area contributed by atoms with Crippen molar-refractivity contribution in [1.29, 1.82) is 0 Å². The lowest BCUT2D eigenvalue weighted by atomic mass is 10.0. The van der Waals surface area contributed by atoms with Crippen LogP contribution in [0.1, 0.15) is 35.2 Å². The molecule has 0 saturated carbocycles. The number of rotatable bonds is 4. The standard InChI is InChI=1S/C17H16F2N2O/c18-10-15(11-3-6-13(19)7-4-11)21-17(22)14-8-5-12-2-1-9-20-16(12)14/h1-4,6-7,9,14-15H,5,8,10H2,(H,21,22). The van der Waals surface area contributed by atoms with Gasteiger partial charge in [-0.05, 0) is 42.2 Å². The minimum absolute atomic E-state index is 0.232. The summed E-state index contributed by atoms with van der Waals surface area (Å²) in [4.78, 5) is 16.7. The second-order valence-corrected chi connectivity index (χ2v) is 5.41. The summed E-state index contributed by atoms with van der Waals surface area (Å²) in [6.45, 7) is -0.737. The van der Waals surface area contributed by atoms with Gasteiger partial charge >= 0.3 is 0 Å². The van der Waals surface area contributed by atoms with Crippen LogP contribution in [0.4, 0.5) is 8.78 Å². The molecular formula is C17H16F2N2O. The Kier molecular flexibility index (Phi) is 4.13. The zero-order valence-corrected chi connectivity index (χ0v) is 11.9. The first-order valence-corrected chi connectivity index (χ1v) is 7.24. The van der Waals surface area contributed by atoms with Gasteiger partial charge in [0.05, 0.1) is 17.7 Å². The summed E-state index contributed by atoms with van der Waals surface area (Å²) >= 11 is 0. The fourth-order valence-corrected chi connectivity index (χ4v) is 2.85. The molecule has 2 atom stereocenters. The van der Waals surface area contributed by atoms with Crippen LogP contribution in [-0.2, 0) is 11.2 Å². The molecule has 114 valence electrons. The van der Waals surface area contributed by atoms with Crippen LogP contribution in [0.5, 0.6) is 0 Å². The SMILES string of the molecule is O=C(NC(CF)c1ccc(F)cc1)C1CCc2cccnc21. The van der Waals surface area contributed by atoms with Crippen molar-refractivity contribution in [2.75, 3.05) is 6.67 Å². The number of halogens is 2. The number of hydrogen-bond donors (Lipinski definition) is 1. The summed E-state index contributed by atoms with van der Waals surface area (Å²) in [5.74, 6) is -0.961. The third-order valence-electron chi connectivity index (χ3n) is 4.02. The lowest BCUT2D eigenvalue weighted by Crippen LogP contribution is -2.33. The number of benzene rings is 1. The maximum absolute atomic E-state index is 13.3. The predicted molar refractivity (Wildman–Crippen MR) is 78.6 cm³/mol. The molecule has 0 fully saturated rings. The quantitative estimate of drug-likeness (QED) is 0.943. The molecule has 1 heterocycles. The van der Waals surface area contributed by atoms with Crippen LogP contribution in [0.2, 0.25) is 0 Å². The predicted octanol–water partition coefficient (Wildman–Crippen LogP) is 3.08. The fraction of sp³-hybridized carbons (Fsp3) is 0.294. The molecule has 0 spiro atoms. The topological polar surface area (TPSA) is 42.0 Å². The van der Waals surface area contributed by atoms with Crippen LogP contribution >= 0.6 is 0 Å². The number of amides is 1. The van der Waals surface area contributed by atoms with Crippen molar-refractivity contribution < 1.29 is 13.6 Å². The van der Waals surface area contributed by atoms with Gasteiger partial charge < -0.3 is 5.32 Å². The number of fused-ring (bicyclic) bond motifs is 1. The lowest BCUT2D eigenvalue weighted by molar-refractivity contribution is -0.123.